The number of fused-ring (bicyclic) bond motifs is 2. The molecule has 0 bridgehead atoms. The molecular weight excluding hydrogens is 504 g/mol. The van der Waals surface area contributed by atoms with Crippen molar-refractivity contribution < 1.29 is 4.79 Å². The molecule has 0 aliphatic heterocycles. The van der Waals surface area contributed by atoms with Gasteiger partial charge < -0.3 is 15.6 Å². The lowest BCUT2D eigenvalue weighted by Crippen LogP contribution is -2.32. The molecular formula is C28H25ClN6O3. The number of aromatic nitrogens is 4. The van der Waals surface area contributed by atoms with Crippen LogP contribution in [0.3, 0.4) is 0 Å². The zero-order valence-electron chi connectivity index (χ0n) is 20.9. The van der Waals surface area contributed by atoms with Crippen LogP contribution in [0, 0.1) is 0 Å². The van der Waals surface area contributed by atoms with Gasteiger partial charge in [0, 0.05) is 29.4 Å². The standard InChI is InChI=1S/C28H25ClN6O3/c1-15(2)33-27(37)19-11-7-10-18-21(19)28(38)35(17-8-5-4-6-9-17)24(23(18)29)16(3)34-26-22-20(36)12-13-30-25(22)31-14-32-26/h4-16H,1-3H3,(H,33,37)(H2,30,31,32,34,36)/t16-/m0/s1. The fourth-order valence-electron chi connectivity index (χ4n) is 4.56. The Hall–Kier alpha value is -4.50. The van der Waals surface area contributed by atoms with Crippen molar-refractivity contribution in [2.75, 3.05) is 5.32 Å². The Labute approximate surface area is 222 Å². The van der Waals surface area contributed by atoms with Crippen LogP contribution in [0.25, 0.3) is 27.5 Å². The fraction of sp³-hybridized carbons (Fsp3) is 0.179. The first-order valence-electron chi connectivity index (χ1n) is 12.1. The van der Waals surface area contributed by atoms with Crippen molar-refractivity contribution in [3.63, 3.8) is 0 Å². The number of aromatic amines is 1. The summed E-state index contributed by atoms with van der Waals surface area (Å²) in [6.45, 7) is 5.53. The lowest BCUT2D eigenvalue weighted by Gasteiger charge is -2.24. The summed E-state index contributed by atoms with van der Waals surface area (Å²) in [5, 5.41) is 7.38. The van der Waals surface area contributed by atoms with E-state index in [4.69, 9.17) is 11.6 Å². The summed E-state index contributed by atoms with van der Waals surface area (Å²) < 4.78 is 1.50. The molecule has 9 nitrogen and oxygen atoms in total. The number of benzene rings is 2. The number of hydrogen-bond donors (Lipinski definition) is 3. The Balaban J connectivity index is 1.77. The second kappa shape index (κ2) is 10.1. The lowest BCUT2D eigenvalue weighted by molar-refractivity contribution is 0.0944. The number of nitrogens with zero attached hydrogens (tertiary/aromatic N) is 3. The van der Waals surface area contributed by atoms with Crippen LogP contribution in [0.4, 0.5) is 5.82 Å². The molecule has 38 heavy (non-hydrogen) atoms. The van der Waals surface area contributed by atoms with Gasteiger partial charge in [0.2, 0.25) is 0 Å². The van der Waals surface area contributed by atoms with Gasteiger partial charge in [-0.05, 0) is 39.0 Å². The minimum atomic E-state index is -0.578. The maximum atomic E-state index is 14.2. The van der Waals surface area contributed by atoms with Gasteiger partial charge in [-0.15, -0.1) is 0 Å². The van der Waals surface area contributed by atoms with E-state index in [0.29, 0.717) is 38.6 Å². The van der Waals surface area contributed by atoms with E-state index in [1.54, 1.807) is 30.3 Å². The molecule has 0 saturated heterocycles. The maximum Gasteiger partial charge on any atom is 0.264 e. The molecule has 192 valence electrons. The summed E-state index contributed by atoms with van der Waals surface area (Å²) in [7, 11) is 0. The summed E-state index contributed by atoms with van der Waals surface area (Å²) in [5.74, 6) is -0.0541. The van der Waals surface area contributed by atoms with Crippen molar-refractivity contribution in [2.45, 2.75) is 32.9 Å². The molecule has 5 aromatic rings. The van der Waals surface area contributed by atoms with E-state index in [9.17, 15) is 14.4 Å². The maximum absolute atomic E-state index is 14.2. The average molecular weight is 529 g/mol. The number of pyridine rings is 2. The highest BCUT2D eigenvalue weighted by molar-refractivity contribution is 6.36. The van der Waals surface area contributed by atoms with Crippen LogP contribution in [-0.2, 0) is 0 Å². The predicted molar refractivity (Wildman–Crippen MR) is 149 cm³/mol. The Morgan fingerprint density at radius 1 is 0.974 bits per heavy atom. The number of carbonyl (C=O) groups excluding carboxylic acids is 1. The van der Waals surface area contributed by atoms with Crippen LogP contribution in [-0.4, -0.2) is 31.5 Å². The molecule has 3 heterocycles. The van der Waals surface area contributed by atoms with Crippen LogP contribution in [0.5, 0.6) is 0 Å². The summed E-state index contributed by atoms with van der Waals surface area (Å²) in [6, 6.07) is 14.8. The van der Waals surface area contributed by atoms with Crippen molar-refractivity contribution >= 4 is 45.1 Å². The van der Waals surface area contributed by atoms with E-state index < -0.39 is 6.04 Å². The van der Waals surface area contributed by atoms with E-state index in [0.717, 1.165) is 0 Å². The smallest absolute Gasteiger partial charge is 0.264 e. The van der Waals surface area contributed by atoms with E-state index in [1.807, 2.05) is 39.0 Å². The first-order valence-corrected chi connectivity index (χ1v) is 12.5. The number of para-hydroxylation sites is 1. The molecule has 3 N–H and O–H groups in total. The summed E-state index contributed by atoms with van der Waals surface area (Å²) in [5.41, 5.74) is 1.02. The number of nitrogens with one attached hydrogen (secondary N) is 3. The number of H-pyrrole nitrogens is 1. The summed E-state index contributed by atoms with van der Waals surface area (Å²) in [4.78, 5) is 51.2. The molecule has 0 fully saturated rings. The first kappa shape index (κ1) is 25.2. The second-order valence-corrected chi connectivity index (χ2v) is 9.56. The van der Waals surface area contributed by atoms with Gasteiger partial charge in [0.05, 0.1) is 27.7 Å². The molecule has 2 aromatic carbocycles. The third-order valence-electron chi connectivity index (χ3n) is 6.17. The van der Waals surface area contributed by atoms with Gasteiger partial charge in [0.15, 0.2) is 5.43 Å². The number of halogens is 1. The molecule has 5 rings (SSSR count). The fourth-order valence-corrected chi connectivity index (χ4v) is 4.97. The highest BCUT2D eigenvalue weighted by atomic mass is 35.5. The lowest BCUT2D eigenvalue weighted by atomic mass is 10.0. The van der Waals surface area contributed by atoms with Crippen LogP contribution >= 0.6 is 11.6 Å². The molecule has 1 amide bonds. The molecule has 0 aliphatic carbocycles. The van der Waals surface area contributed by atoms with E-state index in [1.165, 1.54) is 23.2 Å². The third kappa shape index (κ3) is 4.41. The minimum Gasteiger partial charge on any atom is -0.361 e. The number of hydrogen-bond acceptors (Lipinski definition) is 6. The van der Waals surface area contributed by atoms with E-state index >= 15 is 0 Å². The molecule has 0 radical (unpaired) electrons. The molecule has 1 atom stereocenters. The monoisotopic (exact) mass is 528 g/mol. The van der Waals surface area contributed by atoms with E-state index in [2.05, 4.69) is 25.6 Å². The molecule has 0 aliphatic rings. The number of amides is 1. The van der Waals surface area contributed by atoms with Crippen LogP contribution in [0.1, 0.15) is 42.9 Å². The summed E-state index contributed by atoms with van der Waals surface area (Å²) >= 11 is 7.03. The molecule has 0 spiro atoms. The van der Waals surface area contributed by atoms with Crippen LogP contribution in [0.15, 0.2) is 76.7 Å². The van der Waals surface area contributed by atoms with Crippen molar-refractivity contribution in [3.8, 4) is 5.69 Å². The first-order chi connectivity index (χ1) is 18.3. The highest BCUT2D eigenvalue weighted by Crippen LogP contribution is 2.34. The molecule has 0 unspecified atom stereocenters. The third-order valence-corrected chi connectivity index (χ3v) is 6.57. The number of carbonyl (C=O) groups is 1. The van der Waals surface area contributed by atoms with Crippen molar-refractivity contribution in [1.82, 2.24) is 24.8 Å². The Kier molecular flexibility index (Phi) is 6.69. The normalized spacial score (nSPS) is 12.1. The Morgan fingerprint density at radius 2 is 1.74 bits per heavy atom. The number of rotatable bonds is 6. The quantitative estimate of drug-likeness (QED) is 0.296. The van der Waals surface area contributed by atoms with Gasteiger partial charge in [0.1, 0.15) is 23.2 Å². The zero-order valence-corrected chi connectivity index (χ0v) is 21.7. The topological polar surface area (TPSA) is 122 Å². The van der Waals surface area contributed by atoms with Gasteiger partial charge in [-0.2, -0.15) is 0 Å². The predicted octanol–water partition coefficient (Wildman–Crippen LogP) is 4.59. The van der Waals surface area contributed by atoms with Gasteiger partial charge in [-0.3, -0.25) is 19.0 Å². The molecule has 3 aromatic heterocycles. The average Bonchev–Trinajstić information content (AvgIpc) is 2.90. The van der Waals surface area contributed by atoms with E-state index in [-0.39, 0.29) is 33.9 Å². The van der Waals surface area contributed by atoms with Crippen LogP contribution in [0.2, 0.25) is 5.02 Å². The molecule has 0 saturated carbocycles. The van der Waals surface area contributed by atoms with Crippen molar-refractivity contribution in [2.24, 2.45) is 0 Å². The van der Waals surface area contributed by atoms with Crippen molar-refractivity contribution in [3.05, 3.63) is 104 Å². The van der Waals surface area contributed by atoms with Gasteiger partial charge in [-0.1, -0.05) is 41.9 Å². The Morgan fingerprint density at radius 3 is 2.47 bits per heavy atom. The molecule has 10 heteroatoms. The van der Waals surface area contributed by atoms with Crippen molar-refractivity contribution in [1.29, 1.82) is 0 Å². The van der Waals surface area contributed by atoms with Gasteiger partial charge in [0.25, 0.3) is 11.5 Å². The minimum absolute atomic E-state index is 0.112. The van der Waals surface area contributed by atoms with Gasteiger partial charge in [-0.25, -0.2) is 9.97 Å². The summed E-state index contributed by atoms with van der Waals surface area (Å²) in [6.07, 6.45) is 2.87. The largest absolute Gasteiger partial charge is 0.361 e. The van der Waals surface area contributed by atoms with Gasteiger partial charge >= 0.3 is 0 Å². The number of anilines is 1. The van der Waals surface area contributed by atoms with Crippen LogP contribution < -0.4 is 21.6 Å². The SMILES string of the molecule is CC(C)NC(=O)c1cccc2c(Cl)c([C@H](C)Nc3ncnc4[nH]ccc(=O)c34)n(-c3ccccc3)c(=O)c12. The highest BCUT2D eigenvalue weighted by Gasteiger charge is 2.25. The zero-order chi connectivity index (χ0) is 27.0. The second-order valence-electron chi connectivity index (χ2n) is 9.19. The Bertz CT molecular complexity index is 1790.